The fourth-order valence-electron chi connectivity index (χ4n) is 3.32. The van der Waals surface area contributed by atoms with Gasteiger partial charge in [0.15, 0.2) is 0 Å². The molecule has 0 spiro atoms. The van der Waals surface area contributed by atoms with Gasteiger partial charge >= 0.3 is 0 Å². The highest BCUT2D eigenvalue weighted by Gasteiger charge is 2.20. The van der Waals surface area contributed by atoms with E-state index in [0.717, 1.165) is 23.4 Å². The maximum Gasteiger partial charge on any atom is 0.253 e. The number of hydrogen-bond acceptors (Lipinski definition) is 2. The van der Waals surface area contributed by atoms with Gasteiger partial charge in [-0.15, -0.1) is 0 Å². The zero-order valence-electron chi connectivity index (χ0n) is 14.3. The van der Waals surface area contributed by atoms with E-state index < -0.39 is 0 Å². The molecule has 0 aromatic heterocycles. The van der Waals surface area contributed by atoms with E-state index in [1.54, 1.807) is 0 Å². The first kappa shape index (κ1) is 16.6. The van der Waals surface area contributed by atoms with Gasteiger partial charge in [-0.25, -0.2) is 0 Å². The number of benzene rings is 2. The molecule has 0 aliphatic heterocycles. The predicted molar refractivity (Wildman–Crippen MR) is 96.1 cm³/mol. The highest BCUT2D eigenvalue weighted by atomic mass is 16.5. The lowest BCUT2D eigenvalue weighted by atomic mass is 10.1. The topological polar surface area (TPSA) is 29.5 Å². The molecule has 0 heterocycles. The summed E-state index contributed by atoms with van der Waals surface area (Å²) >= 11 is 0. The normalized spacial score (nSPS) is 14.5. The van der Waals surface area contributed by atoms with Crippen LogP contribution in [-0.4, -0.2) is 24.4 Å². The van der Waals surface area contributed by atoms with Crippen LogP contribution in [0.3, 0.4) is 0 Å². The quantitative estimate of drug-likeness (QED) is 0.782. The Morgan fingerprint density at radius 1 is 1.04 bits per heavy atom. The highest BCUT2D eigenvalue weighted by Crippen LogP contribution is 2.25. The van der Waals surface area contributed by atoms with Crippen molar-refractivity contribution in [3.63, 3.8) is 0 Å². The fourth-order valence-corrected chi connectivity index (χ4v) is 3.32. The number of carbonyl (C=O) groups excluding carboxylic acids is 1. The van der Waals surface area contributed by atoms with Crippen LogP contribution < -0.4 is 4.74 Å². The molecule has 1 aliphatic rings. The molecule has 126 valence electrons. The third-order valence-electron chi connectivity index (χ3n) is 4.70. The molecule has 1 fully saturated rings. The van der Waals surface area contributed by atoms with E-state index in [0.29, 0.717) is 12.5 Å². The van der Waals surface area contributed by atoms with Gasteiger partial charge in [0.05, 0.1) is 0 Å². The molecule has 1 saturated carbocycles. The Labute approximate surface area is 144 Å². The number of ether oxygens (including phenoxy) is 1. The van der Waals surface area contributed by atoms with Crippen LogP contribution in [0, 0.1) is 5.92 Å². The molecule has 3 rings (SSSR count). The second kappa shape index (κ2) is 8.00. The number of hydrogen-bond donors (Lipinski definition) is 0. The molecule has 24 heavy (non-hydrogen) atoms. The molecule has 0 bridgehead atoms. The zero-order chi connectivity index (χ0) is 16.8. The van der Waals surface area contributed by atoms with Gasteiger partial charge in [-0.2, -0.15) is 0 Å². The van der Waals surface area contributed by atoms with Gasteiger partial charge in [0, 0.05) is 19.2 Å². The number of amides is 1. The van der Waals surface area contributed by atoms with Crippen LogP contribution in [0.1, 0.15) is 41.6 Å². The Morgan fingerprint density at radius 2 is 1.71 bits per heavy atom. The van der Waals surface area contributed by atoms with Crippen LogP contribution in [-0.2, 0) is 6.61 Å². The van der Waals surface area contributed by atoms with Crippen molar-refractivity contribution in [1.29, 1.82) is 0 Å². The lowest BCUT2D eigenvalue weighted by Crippen LogP contribution is -2.31. The third-order valence-corrected chi connectivity index (χ3v) is 4.70. The van der Waals surface area contributed by atoms with Crippen LogP contribution in [0.25, 0.3) is 0 Å². The van der Waals surface area contributed by atoms with Crippen molar-refractivity contribution in [1.82, 2.24) is 4.90 Å². The Kier molecular flexibility index (Phi) is 5.52. The van der Waals surface area contributed by atoms with Gasteiger partial charge in [-0.05, 0) is 48.6 Å². The lowest BCUT2D eigenvalue weighted by molar-refractivity contribution is 0.0773. The minimum absolute atomic E-state index is 0.0940. The van der Waals surface area contributed by atoms with Gasteiger partial charge in [-0.1, -0.05) is 43.2 Å². The fraction of sp³-hybridized carbons (Fsp3) is 0.381. The summed E-state index contributed by atoms with van der Waals surface area (Å²) < 4.78 is 5.77. The summed E-state index contributed by atoms with van der Waals surface area (Å²) in [5.41, 5.74) is 1.86. The minimum atomic E-state index is 0.0940. The molecule has 0 N–H and O–H groups in total. The van der Waals surface area contributed by atoms with E-state index in [1.165, 1.54) is 25.7 Å². The largest absolute Gasteiger partial charge is 0.489 e. The first-order valence-corrected chi connectivity index (χ1v) is 8.74. The highest BCUT2D eigenvalue weighted by molar-refractivity contribution is 5.94. The maximum atomic E-state index is 12.5. The van der Waals surface area contributed by atoms with Crippen LogP contribution in [0.4, 0.5) is 0 Å². The monoisotopic (exact) mass is 323 g/mol. The Morgan fingerprint density at radius 3 is 2.38 bits per heavy atom. The first-order valence-electron chi connectivity index (χ1n) is 8.74. The van der Waals surface area contributed by atoms with Gasteiger partial charge in [0.25, 0.3) is 5.91 Å². The van der Waals surface area contributed by atoms with Crippen LogP contribution >= 0.6 is 0 Å². The summed E-state index contributed by atoms with van der Waals surface area (Å²) in [6.07, 6.45) is 5.12. The molecule has 0 radical (unpaired) electrons. The second-order valence-electron chi connectivity index (χ2n) is 6.63. The van der Waals surface area contributed by atoms with E-state index in [4.69, 9.17) is 4.74 Å². The molecule has 2 aromatic carbocycles. The van der Waals surface area contributed by atoms with Crippen molar-refractivity contribution in [2.24, 2.45) is 5.92 Å². The predicted octanol–water partition coefficient (Wildman–Crippen LogP) is 4.53. The van der Waals surface area contributed by atoms with Crippen molar-refractivity contribution in [3.8, 4) is 5.75 Å². The minimum Gasteiger partial charge on any atom is -0.489 e. The number of carbonyl (C=O) groups is 1. The van der Waals surface area contributed by atoms with Crippen molar-refractivity contribution in [2.45, 2.75) is 32.3 Å². The van der Waals surface area contributed by atoms with Crippen molar-refractivity contribution in [2.75, 3.05) is 13.6 Å². The summed E-state index contributed by atoms with van der Waals surface area (Å²) in [4.78, 5) is 14.4. The SMILES string of the molecule is CN(CC1CCCC1)C(=O)c1ccc(OCc2ccccc2)cc1. The van der Waals surface area contributed by atoms with Gasteiger partial charge in [0.1, 0.15) is 12.4 Å². The average Bonchev–Trinajstić information content (AvgIpc) is 3.13. The summed E-state index contributed by atoms with van der Waals surface area (Å²) in [7, 11) is 1.90. The molecule has 3 nitrogen and oxygen atoms in total. The first-order chi connectivity index (χ1) is 11.7. The van der Waals surface area contributed by atoms with Gasteiger partial charge in [0.2, 0.25) is 0 Å². The van der Waals surface area contributed by atoms with Gasteiger partial charge < -0.3 is 9.64 Å². The summed E-state index contributed by atoms with van der Waals surface area (Å²) in [5.74, 6) is 1.55. The van der Waals surface area contributed by atoms with E-state index >= 15 is 0 Å². The van der Waals surface area contributed by atoms with E-state index in [2.05, 4.69) is 0 Å². The molecular formula is C21H25NO2. The van der Waals surface area contributed by atoms with Crippen molar-refractivity contribution < 1.29 is 9.53 Å². The Balaban J connectivity index is 1.54. The van der Waals surface area contributed by atoms with Crippen LogP contribution in [0.15, 0.2) is 54.6 Å². The molecule has 2 aromatic rings. The number of rotatable bonds is 6. The summed E-state index contributed by atoms with van der Waals surface area (Å²) in [6.45, 7) is 1.40. The molecular weight excluding hydrogens is 298 g/mol. The van der Waals surface area contributed by atoms with Crippen LogP contribution in [0.5, 0.6) is 5.75 Å². The maximum absolute atomic E-state index is 12.5. The molecule has 0 unspecified atom stereocenters. The second-order valence-corrected chi connectivity index (χ2v) is 6.63. The smallest absolute Gasteiger partial charge is 0.253 e. The van der Waals surface area contributed by atoms with Crippen LogP contribution in [0.2, 0.25) is 0 Å². The molecule has 3 heteroatoms. The van der Waals surface area contributed by atoms with Gasteiger partial charge in [-0.3, -0.25) is 4.79 Å². The van der Waals surface area contributed by atoms with E-state index in [9.17, 15) is 4.79 Å². The molecule has 1 amide bonds. The Hall–Kier alpha value is -2.29. The third kappa shape index (κ3) is 4.38. The van der Waals surface area contributed by atoms with Crippen molar-refractivity contribution in [3.05, 3.63) is 65.7 Å². The molecule has 0 saturated heterocycles. The Bertz CT molecular complexity index is 645. The summed E-state index contributed by atoms with van der Waals surface area (Å²) in [6, 6.07) is 17.5. The molecule has 1 aliphatic carbocycles. The van der Waals surface area contributed by atoms with E-state index in [-0.39, 0.29) is 5.91 Å². The van der Waals surface area contributed by atoms with Crippen molar-refractivity contribution >= 4 is 5.91 Å². The molecule has 0 atom stereocenters. The zero-order valence-corrected chi connectivity index (χ0v) is 14.3. The lowest BCUT2D eigenvalue weighted by Gasteiger charge is -2.21. The van der Waals surface area contributed by atoms with E-state index in [1.807, 2.05) is 66.5 Å². The standard InChI is InChI=1S/C21H25NO2/c1-22(15-17-7-5-6-8-17)21(23)19-11-13-20(14-12-19)24-16-18-9-3-2-4-10-18/h2-4,9-14,17H,5-8,15-16H2,1H3. The average molecular weight is 323 g/mol. The summed E-state index contributed by atoms with van der Waals surface area (Å²) in [5, 5.41) is 0. The number of nitrogens with zero attached hydrogens (tertiary/aromatic N) is 1.